The van der Waals surface area contributed by atoms with Crippen molar-refractivity contribution >= 4 is 44.3 Å². The molecule has 7 heteroatoms. The Balaban J connectivity index is 2.18. The van der Waals surface area contributed by atoms with Gasteiger partial charge in [-0.05, 0) is 43.0 Å². The highest BCUT2D eigenvalue weighted by molar-refractivity contribution is 7.99. The topological polar surface area (TPSA) is 59.1 Å². The third kappa shape index (κ3) is 4.32. The average molecular weight is 345 g/mol. The maximum Gasteiger partial charge on any atom is 0.240 e. The molecule has 2 rings (SSSR count). The number of benzene rings is 1. The predicted octanol–water partition coefficient (Wildman–Crippen LogP) is 3.31. The lowest BCUT2D eigenvalue weighted by Crippen LogP contribution is -2.26. The fraction of sp³-hybridized carbons (Fsp3) is 0.357. The van der Waals surface area contributed by atoms with Crippen LogP contribution in [0, 0.1) is 0 Å². The number of fused-ring (bicyclic) bond motifs is 1. The SMILES string of the molecule is CSC(C)CCNS(=O)(=O)c1ccc2nc(Cl)ccc2c1. The number of sulfonamides is 1. The highest BCUT2D eigenvalue weighted by atomic mass is 35.5. The quantitative estimate of drug-likeness (QED) is 0.817. The van der Waals surface area contributed by atoms with E-state index in [9.17, 15) is 8.42 Å². The van der Waals surface area contributed by atoms with Gasteiger partial charge in [0.05, 0.1) is 10.4 Å². The maximum atomic E-state index is 12.2. The van der Waals surface area contributed by atoms with E-state index in [1.54, 1.807) is 42.1 Å². The lowest BCUT2D eigenvalue weighted by molar-refractivity contribution is 0.579. The first-order valence-electron chi connectivity index (χ1n) is 6.51. The second-order valence-electron chi connectivity index (χ2n) is 4.72. The molecule has 0 fully saturated rings. The second-order valence-corrected chi connectivity index (χ2v) is 8.15. The fourth-order valence-corrected chi connectivity index (χ4v) is 3.43. The number of nitrogens with zero attached hydrogens (tertiary/aromatic N) is 1. The summed E-state index contributed by atoms with van der Waals surface area (Å²) in [7, 11) is -3.49. The summed E-state index contributed by atoms with van der Waals surface area (Å²) < 4.78 is 27.1. The van der Waals surface area contributed by atoms with Gasteiger partial charge in [0.15, 0.2) is 0 Å². The minimum Gasteiger partial charge on any atom is -0.236 e. The Morgan fingerprint density at radius 2 is 2.10 bits per heavy atom. The summed E-state index contributed by atoms with van der Waals surface area (Å²) in [5, 5.41) is 1.57. The Hall–Kier alpha value is -0.820. The summed E-state index contributed by atoms with van der Waals surface area (Å²) in [4.78, 5) is 4.39. The van der Waals surface area contributed by atoms with Crippen LogP contribution in [0.4, 0.5) is 0 Å². The van der Waals surface area contributed by atoms with Crippen molar-refractivity contribution in [1.29, 1.82) is 0 Å². The van der Waals surface area contributed by atoms with Gasteiger partial charge in [0, 0.05) is 17.2 Å². The van der Waals surface area contributed by atoms with Gasteiger partial charge in [0.25, 0.3) is 0 Å². The molecule has 1 heterocycles. The van der Waals surface area contributed by atoms with Crippen LogP contribution in [0.5, 0.6) is 0 Å². The lowest BCUT2D eigenvalue weighted by atomic mass is 10.2. The fourth-order valence-electron chi connectivity index (χ4n) is 1.84. The van der Waals surface area contributed by atoms with E-state index in [4.69, 9.17) is 11.6 Å². The minimum absolute atomic E-state index is 0.246. The number of rotatable bonds is 6. The monoisotopic (exact) mass is 344 g/mol. The van der Waals surface area contributed by atoms with Crippen LogP contribution in [-0.2, 0) is 10.0 Å². The molecule has 114 valence electrons. The molecular weight excluding hydrogens is 328 g/mol. The van der Waals surface area contributed by atoms with Crippen molar-refractivity contribution in [2.75, 3.05) is 12.8 Å². The van der Waals surface area contributed by atoms with E-state index < -0.39 is 10.0 Å². The van der Waals surface area contributed by atoms with Gasteiger partial charge in [-0.2, -0.15) is 11.8 Å². The zero-order chi connectivity index (χ0) is 15.5. The number of pyridine rings is 1. The first-order valence-corrected chi connectivity index (χ1v) is 9.66. The van der Waals surface area contributed by atoms with Gasteiger partial charge in [-0.3, -0.25) is 0 Å². The van der Waals surface area contributed by atoms with Gasteiger partial charge in [-0.15, -0.1) is 0 Å². The first-order chi connectivity index (χ1) is 9.92. The summed E-state index contributed by atoms with van der Waals surface area (Å²) >= 11 is 7.54. The maximum absolute atomic E-state index is 12.2. The molecule has 0 saturated heterocycles. The molecule has 0 amide bonds. The smallest absolute Gasteiger partial charge is 0.236 e. The van der Waals surface area contributed by atoms with Crippen LogP contribution in [0.1, 0.15) is 13.3 Å². The van der Waals surface area contributed by atoms with Crippen molar-refractivity contribution in [3.63, 3.8) is 0 Å². The number of hydrogen-bond acceptors (Lipinski definition) is 4. The Morgan fingerprint density at radius 1 is 1.33 bits per heavy atom. The summed E-state index contributed by atoms with van der Waals surface area (Å²) in [6.45, 7) is 2.51. The van der Waals surface area contributed by atoms with E-state index in [0.29, 0.717) is 22.5 Å². The molecule has 0 aliphatic heterocycles. The van der Waals surface area contributed by atoms with Crippen LogP contribution in [0.3, 0.4) is 0 Å². The first kappa shape index (κ1) is 16.5. The van der Waals surface area contributed by atoms with Crippen molar-refractivity contribution in [1.82, 2.24) is 9.71 Å². The molecule has 1 N–H and O–H groups in total. The third-order valence-corrected chi connectivity index (χ3v) is 5.89. The van der Waals surface area contributed by atoms with E-state index >= 15 is 0 Å². The van der Waals surface area contributed by atoms with E-state index in [-0.39, 0.29) is 4.90 Å². The van der Waals surface area contributed by atoms with E-state index in [0.717, 1.165) is 11.8 Å². The van der Waals surface area contributed by atoms with E-state index in [2.05, 4.69) is 16.6 Å². The van der Waals surface area contributed by atoms with Crippen LogP contribution < -0.4 is 4.72 Å². The average Bonchev–Trinajstić information content (AvgIpc) is 2.46. The molecule has 0 saturated carbocycles. The number of thioether (sulfide) groups is 1. The summed E-state index contributed by atoms with van der Waals surface area (Å²) in [5.41, 5.74) is 0.678. The molecule has 0 aliphatic carbocycles. The molecule has 1 unspecified atom stereocenters. The van der Waals surface area contributed by atoms with Gasteiger partial charge in [-0.25, -0.2) is 18.1 Å². The molecule has 2 aromatic rings. The van der Waals surface area contributed by atoms with Crippen molar-refractivity contribution in [2.45, 2.75) is 23.5 Å². The van der Waals surface area contributed by atoms with E-state index in [1.807, 2.05) is 6.26 Å². The molecule has 4 nitrogen and oxygen atoms in total. The molecule has 0 bridgehead atoms. The zero-order valence-corrected chi connectivity index (χ0v) is 14.2. The number of nitrogens with one attached hydrogen (secondary N) is 1. The van der Waals surface area contributed by atoms with Gasteiger partial charge in [0.1, 0.15) is 5.15 Å². The molecule has 1 aromatic heterocycles. The summed E-state index contributed by atoms with van der Waals surface area (Å²) in [5.74, 6) is 0. The highest BCUT2D eigenvalue weighted by Crippen LogP contribution is 2.20. The molecule has 0 spiro atoms. The molecule has 1 atom stereocenters. The Kier molecular flexibility index (Phi) is 5.48. The van der Waals surface area contributed by atoms with E-state index in [1.165, 1.54) is 0 Å². The standard InChI is InChI=1S/C14H17ClN2O2S2/c1-10(20-2)7-8-16-21(18,19)12-4-5-13-11(9-12)3-6-14(15)17-13/h3-6,9-10,16H,7-8H2,1-2H3. The Labute approximate surface area is 134 Å². The third-order valence-electron chi connectivity index (χ3n) is 3.18. The van der Waals surface area contributed by atoms with Crippen molar-refractivity contribution in [2.24, 2.45) is 0 Å². The largest absolute Gasteiger partial charge is 0.240 e. The second kappa shape index (κ2) is 6.96. The summed E-state index contributed by atoms with van der Waals surface area (Å²) in [6, 6.07) is 8.23. The van der Waals surface area contributed by atoms with Gasteiger partial charge >= 0.3 is 0 Å². The van der Waals surface area contributed by atoms with Crippen LogP contribution in [0.15, 0.2) is 35.2 Å². The minimum atomic E-state index is -3.49. The number of halogens is 1. The van der Waals surface area contributed by atoms with Crippen LogP contribution in [-0.4, -0.2) is 31.5 Å². The normalized spacial score (nSPS) is 13.5. The molecule has 1 aromatic carbocycles. The Morgan fingerprint density at radius 3 is 2.81 bits per heavy atom. The highest BCUT2D eigenvalue weighted by Gasteiger charge is 2.14. The predicted molar refractivity (Wildman–Crippen MR) is 89.5 cm³/mol. The number of aromatic nitrogens is 1. The van der Waals surface area contributed by atoms with Crippen molar-refractivity contribution < 1.29 is 8.42 Å². The van der Waals surface area contributed by atoms with Crippen LogP contribution in [0.25, 0.3) is 10.9 Å². The van der Waals surface area contributed by atoms with Crippen molar-refractivity contribution in [3.05, 3.63) is 35.5 Å². The number of hydrogen-bond donors (Lipinski definition) is 1. The molecule has 0 radical (unpaired) electrons. The van der Waals surface area contributed by atoms with Gasteiger partial charge in [0.2, 0.25) is 10.0 Å². The van der Waals surface area contributed by atoms with Crippen LogP contribution >= 0.6 is 23.4 Å². The molecule has 0 aliphatic rings. The Bertz CT molecular complexity index is 735. The molecule has 21 heavy (non-hydrogen) atoms. The van der Waals surface area contributed by atoms with Crippen molar-refractivity contribution in [3.8, 4) is 0 Å². The zero-order valence-electron chi connectivity index (χ0n) is 11.8. The lowest BCUT2D eigenvalue weighted by Gasteiger charge is -2.10. The molecular formula is C14H17ClN2O2S2. The van der Waals surface area contributed by atoms with Crippen LogP contribution in [0.2, 0.25) is 5.15 Å². The van der Waals surface area contributed by atoms with Gasteiger partial charge in [-0.1, -0.05) is 18.5 Å². The summed E-state index contributed by atoms with van der Waals surface area (Å²) in [6.07, 6.45) is 2.81. The van der Waals surface area contributed by atoms with Gasteiger partial charge < -0.3 is 0 Å².